The van der Waals surface area contributed by atoms with Crippen LogP contribution in [0.2, 0.25) is 0 Å². The molecule has 1 aromatic carbocycles. The van der Waals surface area contributed by atoms with E-state index in [0.717, 1.165) is 12.1 Å². The summed E-state index contributed by atoms with van der Waals surface area (Å²) in [6.07, 6.45) is -3.12. The lowest BCUT2D eigenvalue weighted by atomic mass is 10.0. The van der Waals surface area contributed by atoms with Crippen molar-refractivity contribution in [2.75, 3.05) is 44.4 Å². The Morgan fingerprint density at radius 3 is 2.46 bits per heavy atom. The van der Waals surface area contributed by atoms with Crippen LogP contribution in [0.1, 0.15) is 18.4 Å². The molecule has 0 unspecified atom stereocenters. The van der Waals surface area contributed by atoms with Gasteiger partial charge in [-0.25, -0.2) is 4.79 Å². The lowest BCUT2D eigenvalue weighted by molar-refractivity contribution is -0.137. The number of halogens is 3. The minimum absolute atomic E-state index is 0.0877. The van der Waals surface area contributed by atoms with Crippen molar-refractivity contribution in [2.45, 2.75) is 23.9 Å². The summed E-state index contributed by atoms with van der Waals surface area (Å²) >= 11 is 1.61. The highest BCUT2D eigenvalue weighted by molar-refractivity contribution is 8.01. The molecule has 0 aromatic heterocycles. The highest BCUT2D eigenvalue weighted by atomic mass is 32.2. The summed E-state index contributed by atoms with van der Waals surface area (Å²) in [7, 11) is 1.59. The lowest BCUT2D eigenvalue weighted by Crippen LogP contribution is -2.54. The molecule has 2 saturated heterocycles. The number of nitrogens with one attached hydrogen (secondary N) is 1. The van der Waals surface area contributed by atoms with Crippen LogP contribution in [0.5, 0.6) is 0 Å². The highest BCUT2D eigenvalue weighted by Crippen LogP contribution is 2.44. The predicted octanol–water partition coefficient (Wildman–Crippen LogP) is 3.25. The van der Waals surface area contributed by atoms with E-state index in [1.165, 1.54) is 12.1 Å². The third kappa shape index (κ3) is 4.38. The number of carbonyl (C=O) groups is 2. The van der Waals surface area contributed by atoms with Crippen LogP contribution in [-0.4, -0.2) is 65.7 Å². The van der Waals surface area contributed by atoms with Crippen molar-refractivity contribution in [1.29, 1.82) is 0 Å². The molecule has 0 bridgehead atoms. The molecule has 0 aliphatic carbocycles. The smallest absolute Gasteiger partial charge is 0.383 e. The van der Waals surface area contributed by atoms with Crippen molar-refractivity contribution in [3.8, 4) is 0 Å². The minimum atomic E-state index is -4.41. The molecule has 10 heteroatoms. The third-order valence-electron chi connectivity index (χ3n) is 5.07. The summed E-state index contributed by atoms with van der Waals surface area (Å²) in [5.41, 5.74) is -0.449. The first-order chi connectivity index (χ1) is 13.2. The van der Waals surface area contributed by atoms with Crippen LogP contribution in [0.25, 0.3) is 0 Å². The second-order valence-electron chi connectivity index (χ2n) is 6.77. The SMILES string of the molecule is COCCN1C(=O)CSC12CCN(C(=O)Nc1ccc(C(F)(F)F)cc1)CC2. The predicted molar refractivity (Wildman–Crippen MR) is 100 cm³/mol. The monoisotopic (exact) mass is 417 g/mol. The molecule has 0 radical (unpaired) electrons. The number of likely N-dealkylation sites (tertiary alicyclic amines) is 1. The van der Waals surface area contributed by atoms with Gasteiger partial charge >= 0.3 is 12.2 Å². The molecule has 28 heavy (non-hydrogen) atoms. The number of rotatable bonds is 4. The molecule has 2 fully saturated rings. The van der Waals surface area contributed by atoms with Crippen LogP contribution in [-0.2, 0) is 15.7 Å². The molecule has 2 aliphatic rings. The van der Waals surface area contributed by atoms with Gasteiger partial charge in [-0.3, -0.25) is 4.79 Å². The van der Waals surface area contributed by atoms with E-state index >= 15 is 0 Å². The zero-order valence-electron chi connectivity index (χ0n) is 15.4. The highest BCUT2D eigenvalue weighted by Gasteiger charge is 2.48. The van der Waals surface area contributed by atoms with Crippen LogP contribution >= 0.6 is 11.8 Å². The van der Waals surface area contributed by atoms with Crippen molar-refractivity contribution in [3.05, 3.63) is 29.8 Å². The molecule has 1 N–H and O–H groups in total. The molecule has 2 heterocycles. The molecular formula is C18H22F3N3O3S. The number of alkyl halides is 3. The quantitative estimate of drug-likeness (QED) is 0.817. The maximum absolute atomic E-state index is 12.6. The molecule has 2 aliphatic heterocycles. The van der Waals surface area contributed by atoms with E-state index in [0.29, 0.717) is 50.5 Å². The van der Waals surface area contributed by atoms with Crippen LogP contribution in [0, 0.1) is 0 Å². The van der Waals surface area contributed by atoms with E-state index in [1.54, 1.807) is 23.8 Å². The molecule has 3 amide bonds. The fourth-order valence-corrected chi connectivity index (χ4v) is 4.88. The minimum Gasteiger partial charge on any atom is -0.383 e. The van der Waals surface area contributed by atoms with E-state index in [2.05, 4.69) is 5.32 Å². The van der Waals surface area contributed by atoms with Gasteiger partial charge in [0.2, 0.25) is 5.91 Å². The fourth-order valence-electron chi connectivity index (χ4n) is 3.51. The number of carbonyl (C=O) groups excluding carboxylic acids is 2. The van der Waals surface area contributed by atoms with Gasteiger partial charge in [0.05, 0.1) is 22.8 Å². The number of nitrogens with zero attached hydrogens (tertiary/aromatic N) is 2. The average Bonchev–Trinajstić information content (AvgIpc) is 2.95. The molecule has 0 atom stereocenters. The maximum atomic E-state index is 12.6. The fraction of sp³-hybridized carbons (Fsp3) is 0.556. The van der Waals surface area contributed by atoms with Gasteiger partial charge in [-0.15, -0.1) is 11.8 Å². The molecule has 0 saturated carbocycles. The number of piperidine rings is 1. The number of ether oxygens (including phenoxy) is 1. The van der Waals surface area contributed by atoms with Gasteiger partial charge in [0, 0.05) is 32.4 Å². The Bertz CT molecular complexity index is 719. The van der Waals surface area contributed by atoms with Crippen LogP contribution in [0.3, 0.4) is 0 Å². The Hall–Kier alpha value is -1.94. The van der Waals surface area contributed by atoms with Gasteiger partial charge in [-0.1, -0.05) is 0 Å². The first-order valence-electron chi connectivity index (χ1n) is 8.92. The number of thioether (sulfide) groups is 1. The zero-order valence-corrected chi connectivity index (χ0v) is 16.2. The van der Waals surface area contributed by atoms with Crippen LogP contribution in [0.4, 0.5) is 23.7 Å². The van der Waals surface area contributed by atoms with Crippen LogP contribution in [0.15, 0.2) is 24.3 Å². The standard InChI is InChI=1S/C18H22F3N3O3S/c1-27-11-10-24-15(25)12-28-17(24)6-8-23(9-7-17)16(26)22-14-4-2-13(3-5-14)18(19,20)21/h2-5H,6-12H2,1H3,(H,22,26). The zero-order chi connectivity index (χ0) is 20.4. The van der Waals surface area contributed by atoms with E-state index in [4.69, 9.17) is 4.74 Å². The number of urea groups is 1. The van der Waals surface area contributed by atoms with Gasteiger partial charge in [-0.05, 0) is 37.1 Å². The Labute approximate surface area is 165 Å². The van der Waals surface area contributed by atoms with Crippen LogP contribution < -0.4 is 5.32 Å². The van der Waals surface area contributed by atoms with Gasteiger partial charge in [-0.2, -0.15) is 13.2 Å². The summed E-state index contributed by atoms with van der Waals surface area (Å²) < 4.78 is 43.0. The molecule has 6 nitrogen and oxygen atoms in total. The lowest BCUT2D eigenvalue weighted by Gasteiger charge is -2.43. The number of benzene rings is 1. The molecule has 3 rings (SSSR count). The van der Waals surface area contributed by atoms with Gasteiger partial charge in [0.15, 0.2) is 0 Å². The second-order valence-corrected chi connectivity index (χ2v) is 8.10. The molecular weight excluding hydrogens is 395 g/mol. The van der Waals surface area contributed by atoms with Crippen molar-refractivity contribution in [2.24, 2.45) is 0 Å². The van der Waals surface area contributed by atoms with Crippen molar-refractivity contribution >= 4 is 29.4 Å². The van der Waals surface area contributed by atoms with Crippen molar-refractivity contribution in [1.82, 2.24) is 9.80 Å². The summed E-state index contributed by atoms with van der Waals surface area (Å²) in [6.45, 7) is 1.93. The molecule has 1 spiro atoms. The Morgan fingerprint density at radius 1 is 1.25 bits per heavy atom. The number of hydrogen-bond donors (Lipinski definition) is 1. The van der Waals surface area contributed by atoms with Gasteiger partial charge in [0.1, 0.15) is 0 Å². The van der Waals surface area contributed by atoms with Gasteiger partial charge < -0.3 is 19.9 Å². The van der Waals surface area contributed by atoms with Gasteiger partial charge in [0.25, 0.3) is 0 Å². The first-order valence-corrected chi connectivity index (χ1v) is 9.90. The number of anilines is 1. The van der Waals surface area contributed by atoms with E-state index in [1.807, 2.05) is 4.90 Å². The number of amides is 3. The summed E-state index contributed by atoms with van der Waals surface area (Å²) in [5.74, 6) is 0.520. The van der Waals surface area contributed by atoms with E-state index < -0.39 is 11.7 Å². The van der Waals surface area contributed by atoms with Crippen molar-refractivity contribution < 1.29 is 27.5 Å². The largest absolute Gasteiger partial charge is 0.416 e. The molecule has 1 aromatic rings. The Kier molecular flexibility index (Phi) is 6.09. The summed E-state index contributed by atoms with van der Waals surface area (Å²) in [6, 6.07) is 4.01. The maximum Gasteiger partial charge on any atom is 0.416 e. The summed E-state index contributed by atoms with van der Waals surface area (Å²) in [5, 5.41) is 2.64. The second kappa shape index (κ2) is 8.20. The van der Waals surface area contributed by atoms with E-state index in [-0.39, 0.29) is 16.8 Å². The molecule has 154 valence electrons. The first kappa shape index (κ1) is 20.8. The number of methoxy groups -OCH3 is 1. The Morgan fingerprint density at radius 2 is 1.89 bits per heavy atom. The van der Waals surface area contributed by atoms with Crippen molar-refractivity contribution in [3.63, 3.8) is 0 Å². The Balaban J connectivity index is 1.57. The topological polar surface area (TPSA) is 61.9 Å². The summed E-state index contributed by atoms with van der Waals surface area (Å²) in [4.78, 5) is 27.8. The third-order valence-corrected chi connectivity index (χ3v) is 6.63. The normalized spacial score (nSPS) is 19.4. The number of hydrogen-bond acceptors (Lipinski definition) is 4. The average molecular weight is 417 g/mol. The van der Waals surface area contributed by atoms with E-state index in [9.17, 15) is 22.8 Å².